The van der Waals surface area contributed by atoms with Gasteiger partial charge in [-0.2, -0.15) is 23.7 Å². The number of anilines is 1. The molecule has 0 fully saturated rings. The highest BCUT2D eigenvalue weighted by atomic mass is 19.4. The number of allylic oxidation sites excluding steroid dienone is 2. The lowest BCUT2D eigenvalue weighted by Gasteiger charge is -2.10. The van der Waals surface area contributed by atoms with Crippen LogP contribution in [0.4, 0.5) is 23.7 Å². The van der Waals surface area contributed by atoms with Crippen molar-refractivity contribution in [2.75, 3.05) is 5.32 Å². The Kier molecular flexibility index (Phi) is 4.76. The maximum Gasteiger partial charge on any atom is 0.416 e. The molecule has 0 heterocycles. The lowest BCUT2D eigenvalue weighted by atomic mass is 10.2. The zero-order chi connectivity index (χ0) is 16.0. The summed E-state index contributed by atoms with van der Waals surface area (Å²) in [5.41, 5.74) is 3.07. The maximum absolute atomic E-state index is 12.5. The van der Waals surface area contributed by atoms with Gasteiger partial charge in [0.05, 0.1) is 5.56 Å². The fourth-order valence-electron chi connectivity index (χ4n) is 1.26. The Morgan fingerprint density at radius 3 is 2.43 bits per heavy atom. The summed E-state index contributed by atoms with van der Waals surface area (Å²) < 4.78 is 37.5. The van der Waals surface area contributed by atoms with Crippen molar-refractivity contribution in [3.05, 3.63) is 41.2 Å². The quantitative estimate of drug-likeness (QED) is 0.724. The Morgan fingerprint density at radius 1 is 1.24 bits per heavy atom. The minimum atomic E-state index is -4.54. The van der Waals surface area contributed by atoms with Crippen molar-refractivity contribution in [2.45, 2.75) is 6.18 Å². The van der Waals surface area contributed by atoms with Crippen molar-refractivity contribution < 1.29 is 18.0 Å². The van der Waals surface area contributed by atoms with Crippen LogP contribution in [0.5, 0.6) is 0 Å². The fraction of sp³-hybridized carbons (Fsp3) is 0.0833. The van der Waals surface area contributed by atoms with Crippen LogP contribution in [0.1, 0.15) is 5.56 Å². The third-order valence-electron chi connectivity index (χ3n) is 2.19. The summed E-state index contributed by atoms with van der Waals surface area (Å²) in [6, 6.07) is 5.87. The van der Waals surface area contributed by atoms with E-state index in [1.54, 1.807) is 0 Å². The Bertz CT molecular complexity index is 667. The molecule has 0 spiro atoms. The Labute approximate surface area is 117 Å². The number of nitrogens with two attached hydrogens (primary N) is 1. The van der Waals surface area contributed by atoms with E-state index in [9.17, 15) is 18.0 Å². The van der Waals surface area contributed by atoms with Gasteiger partial charge in [0, 0.05) is 5.69 Å². The molecule has 0 atom stereocenters. The van der Waals surface area contributed by atoms with Gasteiger partial charge in [-0.1, -0.05) is 6.07 Å². The van der Waals surface area contributed by atoms with Crippen molar-refractivity contribution in [1.29, 1.82) is 10.5 Å². The average molecular weight is 295 g/mol. The summed E-state index contributed by atoms with van der Waals surface area (Å²) in [6.45, 7) is 0. The number of carbonyl (C=O) groups is 1. The molecule has 108 valence electrons. The number of nitrogens with one attached hydrogen (secondary N) is 2. The number of amides is 2. The third kappa shape index (κ3) is 4.44. The van der Waals surface area contributed by atoms with Crippen molar-refractivity contribution in [1.82, 2.24) is 5.32 Å². The number of hydrogen-bond acceptors (Lipinski definition) is 4. The number of benzene rings is 1. The van der Waals surface area contributed by atoms with Gasteiger partial charge in [0.1, 0.15) is 17.8 Å². The second-order valence-electron chi connectivity index (χ2n) is 3.67. The molecule has 0 aliphatic rings. The number of urea groups is 1. The molecule has 21 heavy (non-hydrogen) atoms. The van der Waals surface area contributed by atoms with Crippen LogP contribution >= 0.6 is 0 Å². The average Bonchev–Trinajstić information content (AvgIpc) is 2.43. The maximum atomic E-state index is 12.5. The summed E-state index contributed by atoms with van der Waals surface area (Å²) in [5.74, 6) is 0. The van der Waals surface area contributed by atoms with Crippen LogP contribution in [-0.2, 0) is 6.18 Å². The first-order chi connectivity index (χ1) is 9.77. The van der Waals surface area contributed by atoms with Crippen LogP contribution in [-0.4, -0.2) is 6.03 Å². The number of hydrogen-bond donors (Lipinski definition) is 3. The first-order valence-electron chi connectivity index (χ1n) is 5.33. The van der Waals surface area contributed by atoms with Crippen LogP contribution < -0.4 is 16.4 Å². The number of nitriles is 2. The first-order valence-corrected chi connectivity index (χ1v) is 5.33. The van der Waals surface area contributed by atoms with E-state index >= 15 is 0 Å². The predicted octanol–water partition coefficient (Wildman–Crippen LogP) is 2.04. The van der Waals surface area contributed by atoms with E-state index in [0.29, 0.717) is 0 Å². The fourth-order valence-corrected chi connectivity index (χ4v) is 1.26. The van der Waals surface area contributed by atoms with Crippen LogP contribution in [0.15, 0.2) is 35.7 Å². The molecule has 0 unspecified atom stereocenters. The van der Waals surface area contributed by atoms with Gasteiger partial charge in [-0.25, -0.2) is 4.79 Å². The number of carbonyl (C=O) groups excluding carboxylic acids is 1. The summed E-state index contributed by atoms with van der Waals surface area (Å²) in [6.07, 6.45) is -4.54. The van der Waals surface area contributed by atoms with E-state index in [-0.39, 0.29) is 5.69 Å². The molecular formula is C12H8F3N5O. The second-order valence-corrected chi connectivity index (χ2v) is 3.67. The molecule has 9 heteroatoms. The van der Waals surface area contributed by atoms with Crippen LogP contribution in [0.3, 0.4) is 0 Å². The van der Waals surface area contributed by atoms with E-state index in [2.05, 4.69) is 5.32 Å². The van der Waals surface area contributed by atoms with E-state index in [1.807, 2.05) is 5.32 Å². The van der Waals surface area contributed by atoms with Gasteiger partial charge in [-0.05, 0) is 18.2 Å². The monoisotopic (exact) mass is 295 g/mol. The highest BCUT2D eigenvalue weighted by Gasteiger charge is 2.30. The number of rotatable bonds is 2. The molecule has 0 saturated heterocycles. The van der Waals surface area contributed by atoms with Crippen LogP contribution in [0.25, 0.3) is 0 Å². The molecule has 1 rings (SSSR count). The SMILES string of the molecule is N#CC(N)=C(C#N)NC(=O)Nc1cccc(C(F)(F)F)c1. The lowest BCUT2D eigenvalue weighted by Crippen LogP contribution is -2.29. The molecule has 0 saturated carbocycles. The van der Waals surface area contributed by atoms with Crippen molar-refractivity contribution in [2.24, 2.45) is 5.73 Å². The molecule has 1 aromatic rings. The van der Waals surface area contributed by atoms with Crippen LogP contribution in [0, 0.1) is 22.7 Å². The molecular weight excluding hydrogens is 287 g/mol. The summed E-state index contributed by atoms with van der Waals surface area (Å²) in [4.78, 5) is 11.5. The van der Waals surface area contributed by atoms with Crippen molar-refractivity contribution >= 4 is 11.7 Å². The van der Waals surface area contributed by atoms with Gasteiger partial charge in [-0.3, -0.25) is 5.32 Å². The standard InChI is InChI=1S/C12H8F3N5O/c13-12(14,15)7-2-1-3-8(4-7)19-11(21)20-10(6-17)9(18)5-16/h1-4H,18H2,(H2,19,20,21). The number of alkyl halides is 3. The van der Waals surface area contributed by atoms with Crippen molar-refractivity contribution in [3.8, 4) is 12.1 Å². The lowest BCUT2D eigenvalue weighted by molar-refractivity contribution is -0.137. The van der Waals surface area contributed by atoms with Gasteiger partial charge in [0.25, 0.3) is 0 Å². The van der Waals surface area contributed by atoms with E-state index in [0.717, 1.165) is 18.2 Å². The van der Waals surface area contributed by atoms with Gasteiger partial charge in [-0.15, -0.1) is 0 Å². The molecule has 6 nitrogen and oxygen atoms in total. The zero-order valence-electron chi connectivity index (χ0n) is 10.3. The number of halogens is 3. The molecule has 0 aromatic heterocycles. The van der Waals surface area contributed by atoms with Gasteiger partial charge in [0.2, 0.25) is 0 Å². The Hall–Kier alpha value is -3.20. The molecule has 0 radical (unpaired) electrons. The third-order valence-corrected chi connectivity index (χ3v) is 2.19. The van der Waals surface area contributed by atoms with E-state index < -0.39 is 29.2 Å². The second kappa shape index (κ2) is 6.30. The van der Waals surface area contributed by atoms with Gasteiger partial charge >= 0.3 is 12.2 Å². The molecule has 0 bridgehead atoms. The predicted molar refractivity (Wildman–Crippen MR) is 66.0 cm³/mol. The van der Waals surface area contributed by atoms with E-state index in [4.69, 9.17) is 16.3 Å². The number of nitrogens with zero attached hydrogens (tertiary/aromatic N) is 2. The topological polar surface area (TPSA) is 115 Å². The van der Waals surface area contributed by atoms with Gasteiger partial charge in [0.15, 0.2) is 5.70 Å². The van der Waals surface area contributed by atoms with Crippen LogP contribution in [0.2, 0.25) is 0 Å². The Morgan fingerprint density at radius 2 is 1.90 bits per heavy atom. The minimum absolute atomic E-state index is 0.129. The summed E-state index contributed by atoms with van der Waals surface area (Å²) >= 11 is 0. The zero-order valence-corrected chi connectivity index (χ0v) is 10.3. The largest absolute Gasteiger partial charge is 0.416 e. The summed E-state index contributed by atoms with van der Waals surface area (Å²) in [7, 11) is 0. The molecule has 4 N–H and O–H groups in total. The minimum Gasteiger partial charge on any atom is -0.388 e. The van der Waals surface area contributed by atoms with Crippen molar-refractivity contribution in [3.63, 3.8) is 0 Å². The van der Waals surface area contributed by atoms with Gasteiger partial charge < -0.3 is 11.1 Å². The van der Waals surface area contributed by atoms with E-state index in [1.165, 1.54) is 18.2 Å². The molecule has 0 aliphatic heterocycles. The highest BCUT2D eigenvalue weighted by molar-refractivity contribution is 5.91. The highest BCUT2D eigenvalue weighted by Crippen LogP contribution is 2.30. The summed E-state index contributed by atoms with van der Waals surface area (Å²) in [5, 5.41) is 21.2. The first kappa shape index (κ1) is 15.9. The molecule has 0 aliphatic carbocycles. The smallest absolute Gasteiger partial charge is 0.388 e. The molecule has 2 amide bonds. The normalized spacial score (nSPS) is 11.7. The molecule has 1 aromatic carbocycles. The Balaban J connectivity index is 2.87.